The highest BCUT2D eigenvalue weighted by atomic mass is 35.5. The van der Waals surface area contributed by atoms with E-state index >= 15 is 0 Å². The SMILES string of the molecule is NS(=O)(=O)N1C(=O)c2ccc(Cl)cc2C1=O. The number of hydrogen-bond acceptors (Lipinski definition) is 4. The molecule has 0 bridgehead atoms. The van der Waals surface area contributed by atoms with Crippen molar-refractivity contribution in [3.05, 3.63) is 34.3 Å². The first-order valence-corrected chi connectivity index (χ1v) is 5.92. The third kappa shape index (κ3) is 1.49. The Labute approximate surface area is 95.8 Å². The quantitative estimate of drug-likeness (QED) is 0.726. The van der Waals surface area contributed by atoms with Gasteiger partial charge in [0, 0.05) is 5.02 Å². The van der Waals surface area contributed by atoms with Gasteiger partial charge >= 0.3 is 10.2 Å². The van der Waals surface area contributed by atoms with Gasteiger partial charge < -0.3 is 0 Å². The predicted molar refractivity (Wildman–Crippen MR) is 55.1 cm³/mol. The molecule has 0 saturated heterocycles. The maximum atomic E-state index is 11.6. The van der Waals surface area contributed by atoms with Gasteiger partial charge in [-0.2, -0.15) is 12.7 Å². The fraction of sp³-hybridized carbons (Fsp3) is 0. The second-order valence-electron chi connectivity index (χ2n) is 3.11. The Bertz CT molecular complexity index is 610. The lowest BCUT2D eigenvalue weighted by molar-refractivity contribution is 0.0765. The first-order chi connectivity index (χ1) is 7.32. The minimum Gasteiger partial charge on any atom is -0.267 e. The van der Waals surface area contributed by atoms with E-state index in [1.807, 2.05) is 0 Å². The number of amides is 2. The first-order valence-electron chi connectivity index (χ1n) is 4.03. The van der Waals surface area contributed by atoms with Crippen molar-refractivity contribution in [1.82, 2.24) is 4.31 Å². The Morgan fingerprint density at radius 1 is 1.12 bits per heavy atom. The Morgan fingerprint density at radius 3 is 2.25 bits per heavy atom. The smallest absolute Gasteiger partial charge is 0.267 e. The van der Waals surface area contributed by atoms with E-state index in [1.165, 1.54) is 18.2 Å². The molecule has 0 aromatic heterocycles. The summed E-state index contributed by atoms with van der Waals surface area (Å²) in [5.74, 6) is -1.94. The van der Waals surface area contributed by atoms with E-state index in [-0.39, 0.29) is 20.5 Å². The van der Waals surface area contributed by atoms with Gasteiger partial charge in [-0.05, 0) is 18.2 Å². The molecule has 8 heteroatoms. The summed E-state index contributed by atoms with van der Waals surface area (Å²) in [6.07, 6.45) is 0. The molecule has 2 N–H and O–H groups in total. The maximum Gasteiger partial charge on any atom is 0.308 e. The van der Waals surface area contributed by atoms with E-state index in [2.05, 4.69) is 0 Å². The summed E-state index contributed by atoms with van der Waals surface area (Å²) in [4.78, 5) is 23.2. The van der Waals surface area contributed by atoms with Crippen LogP contribution in [-0.4, -0.2) is 24.5 Å². The van der Waals surface area contributed by atoms with Crippen LogP contribution in [0, 0.1) is 0 Å². The Morgan fingerprint density at radius 2 is 1.69 bits per heavy atom. The molecule has 0 radical (unpaired) electrons. The highest BCUT2D eigenvalue weighted by Gasteiger charge is 2.41. The van der Waals surface area contributed by atoms with Crippen LogP contribution in [0.5, 0.6) is 0 Å². The summed E-state index contributed by atoms with van der Waals surface area (Å²) in [6, 6.07) is 3.89. The van der Waals surface area contributed by atoms with Crippen molar-refractivity contribution in [3.63, 3.8) is 0 Å². The Hall–Kier alpha value is -1.44. The van der Waals surface area contributed by atoms with Crippen molar-refractivity contribution in [1.29, 1.82) is 0 Å². The summed E-state index contributed by atoms with van der Waals surface area (Å²) in [6.45, 7) is 0. The molecule has 2 amide bonds. The molecule has 0 unspecified atom stereocenters. The van der Waals surface area contributed by atoms with E-state index in [4.69, 9.17) is 16.7 Å². The van der Waals surface area contributed by atoms with E-state index in [1.54, 1.807) is 0 Å². The third-order valence-corrected chi connectivity index (χ3v) is 3.14. The van der Waals surface area contributed by atoms with Gasteiger partial charge in [-0.15, -0.1) is 0 Å². The highest BCUT2D eigenvalue weighted by Crippen LogP contribution is 2.26. The van der Waals surface area contributed by atoms with Gasteiger partial charge in [0.05, 0.1) is 11.1 Å². The fourth-order valence-corrected chi connectivity index (χ4v) is 2.25. The topological polar surface area (TPSA) is 97.5 Å². The third-order valence-electron chi connectivity index (χ3n) is 2.07. The fourth-order valence-electron chi connectivity index (χ4n) is 1.42. The molecule has 1 aromatic rings. The molecule has 84 valence electrons. The molecule has 0 spiro atoms. The second-order valence-corrected chi connectivity index (χ2v) is 4.94. The van der Waals surface area contributed by atoms with E-state index in [0.29, 0.717) is 0 Å². The monoisotopic (exact) mass is 260 g/mol. The van der Waals surface area contributed by atoms with Gasteiger partial charge in [-0.1, -0.05) is 11.6 Å². The van der Waals surface area contributed by atoms with Crippen molar-refractivity contribution in [2.24, 2.45) is 5.14 Å². The summed E-state index contributed by atoms with van der Waals surface area (Å²) >= 11 is 5.64. The molecular weight excluding hydrogens is 256 g/mol. The minimum absolute atomic E-state index is 0.0218. The zero-order valence-corrected chi connectivity index (χ0v) is 9.25. The van der Waals surface area contributed by atoms with Crippen LogP contribution in [0.2, 0.25) is 5.02 Å². The molecule has 0 atom stereocenters. The minimum atomic E-state index is -4.39. The van der Waals surface area contributed by atoms with Gasteiger partial charge in [-0.25, -0.2) is 5.14 Å². The number of carbonyl (C=O) groups excluding carboxylic acids is 2. The lowest BCUT2D eigenvalue weighted by Crippen LogP contribution is -2.40. The standard InChI is InChI=1S/C8H5ClN2O4S/c9-4-1-2-5-6(3-4)8(13)11(7(5)12)16(10,14)15/h1-3H,(H2,10,14,15). The number of halogens is 1. The molecule has 2 rings (SSSR count). The lowest BCUT2D eigenvalue weighted by Gasteiger charge is -2.08. The van der Waals surface area contributed by atoms with Crippen LogP contribution < -0.4 is 5.14 Å². The molecule has 0 aliphatic carbocycles. The summed E-state index contributed by atoms with van der Waals surface area (Å²) in [5, 5.41) is 5.00. The zero-order valence-electron chi connectivity index (χ0n) is 7.68. The van der Waals surface area contributed by atoms with Gasteiger partial charge in [0.2, 0.25) is 0 Å². The van der Waals surface area contributed by atoms with Crippen molar-refractivity contribution in [2.75, 3.05) is 0 Å². The van der Waals surface area contributed by atoms with Crippen LogP contribution >= 0.6 is 11.6 Å². The molecule has 16 heavy (non-hydrogen) atoms. The van der Waals surface area contributed by atoms with Crippen LogP contribution in [0.25, 0.3) is 0 Å². The van der Waals surface area contributed by atoms with E-state index < -0.39 is 22.0 Å². The number of nitrogens with two attached hydrogens (primary N) is 1. The molecule has 6 nitrogen and oxygen atoms in total. The van der Waals surface area contributed by atoms with Gasteiger partial charge in [0.15, 0.2) is 0 Å². The number of fused-ring (bicyclic) bond motifs is 1. The summed E-state index contributed by atoms with van der Waals surface area (Å²) in [5.41, 5.74) is -0.0880. The molecule has 1 aliphatic heterocycles. The molecule has 1 heterocycles. The largest absolute Gasteiger partial charge is 0.308 e. The van der Waals surface area contributed by atoms with E-state index in [9.17, 15) is 18.0 Å². The maximum absolute atomic E-state index is 11.6. The average Bonchev–Trinajstić information content (AvgIpc) is 2.38. The number of nitrogens with zero attached hydrogens (tertiary/aromatic N) is 1. The van der Waals surface area contributed by atoms with Crippen molar-refractivity contribution in [2.45, 2.75) is 0 Å². The Kier molecular flexibility index (Phi) is 2.26. The number of benzene rings is 1. The zero-order chi connectivity index (χ0) is 12.1. The molecule has 1 aliphatic rings. The second kappa shape index (κ2) is 3.27. The number of hydrogen-bond donors (Lipinski definition) is 1. The number of imide groups is 1. The molecule has 0 fully saturated rings. The van der Waals surface area contributed by atoms with Gasteiger partial charge in [0.25, 0.3) is 11.8 Å². The van der Waals surface area contributed by atoms with Crippen molar-refractivity contribution < 1.29 is 18.0 Å². The number of carbonyl (C=O) groups is 2. The average molecular weight is 261 g/mol. The number of rotatable bonds is 1. The summed E-state index contributed by atoms with van der Waals surface area (Å²) in [7, 11) is -4.39. The van der Waals surface area contributed by atoms with Crippen LogP contribution in [0.15, 0.2) is 18.2 Å². The molecule has 0 saturated carbocycles. The predicted octanol–water partition coefficient (Wildman–Crippen LogP) is 0.140. The van der Waals surface area contributed by atoms with Crippen LogP contribution in [-0.2, 0) is 10.2 Å². The highest BCUT2D eigenvalue weighted by molar-refractivity contribution is 7.88. The Balaban J connectivity index is 2.66. The summed E-state index contributed by atoms with van der Waals surface area (Å²) < 4.78 is 22.1. The molecular formula is C8H5ClN2O4S. The van der Waals surface area contributed by atoms with Gasteiger partial charge in [-0.3, -0.25) is 9.59 Å². The normalized spacial score (nSPS) is 15.5. The molecule has 1 aromatic carbocycles. The van der Waals surface area contributed by atoms with Crippen LogP contribution in [0.3, 0.4) is 0 Å². The van der Waals surface area contributed by atoms with Crippen molar-refractivity contribution >= 4 is 33.6 Å². The van der Waals surface area contributed by atoms with Crippen LogP contribution in [0.4, 0.5) is 0 Å². The van der Waals surface area contributed by atoms with E-state index in [0.717, 1.165) is 0 Å². The van der Waals surface area contributed by atoms with Crippen molar-refractivity contribution in [3.8, 4) is 0 Å². The van der Waals surface area contributed by atoms with Gasteiger partial charge in [0.1, 0.15) is 0 Å². The lowest BCUT2D eigenvalue weighted by atomic mass is 10.1. The van der Waals surface area contributed by atoms with Crippen LogP contribution in [0.1, 0.15) is 20.7 Å². The first kappa shape index (κ1) is 11.1.